The Labute approximate surface area is 128 Å². The Morgan fingerprint density at radius 3 is 2.77 bits per heavy atom. The van der Waals surface area contributed by atoms with Gasteiger partial charge in [0.1, 0.15) is 6.07 Å². The molecule has 3 aromatic rings. The number of hydrogen-bond donors (Lipinski definition) is 1. The van der Waals surface area contributed by atoms with E-state index in [0.29, 0.717) is 5.82 Å². The quantitative estimate of drug-likeness (QED) is 0.594. The lowest BCUT2D eigenvalue weighted by Crippen LogP contribution is -2.08. The maximum Gasteiger partial charge on any atom is 0.203 e. The first-order valence-corrected chi connectivity index (χ1v) is 6.91. The number of imidazole rings is 1. The highest BCUT2D eigenvalue weighted by Crippen LogP contribution is 2.15. The van der Waals surface area contributed by atoms with Crippen LogP contribution in [0.4, 0.5) is 5.69 Å². The van der Waals surface area contributed by atoms with Gasteiger partial charge in [0.15, 0.2) is 5.82 Å². The van der Waals surface area contributed by atoms with Gasteiger partial charge < -0.3 is 4.57 Å². The number of nitrogens with zero attached hydrogens (tertiary/aromatic N) is 4. The predicted molar refractivity (Wildman–Crippen MR) is 87.7 cm³/mol. The zero-order valence-corrected chi connectivity index (χ0v) is 12.4. The second-order valence-electron chi connectivity index (χ2n) is 5.04. The molecule has 0 radical (unpaired) electrons. The molecule has 1 N–H and O–H groups in total. The summed E-state index contributed by atoms with van der Waals surface area (Å²) in [6.45, 7) is 2.01. The summed E-state index contributed by atoms with van der Waals surface area (Å²) in [7, 11) is 1.88. The van der Waals surface area contributed by atoms with Crippen molar-refractivity contribution >= 4 is 22.4 Å². The number of aromatic nitrogens is 2. The van der Waals surface area contributed by atoms with Crippen molar-refractivity contribution < 1.29 is 0 Å². The predicted octanol–water partition coefficient (Wildman–Crippen LogP) is 3.22. The highest BCUT2D eigenvalue weighted by atomic mass is 15.3. The molecule has 22 heavy (non-hydrogen) atoms. The Morgan fingerprint density at radius 1 is 1.23 bits per heavy atom. The Balaban J connectivity index is 1.98. The summed E-state index contributed by atoms with van der Waals surface area (Å²) in [6.07, 6.45) is 0. The van der Waals surface area contributed by atoms with Gasteiger partial charge in [-0.15, -0.1) is 0 Å². The molecule has 0 aliphatic heterocycles. The Bertz CT molecular complexity index is 899. The number of aryl methyl sites for hydroxylation is 2. The van der Waals surface area contributed by atoms with Gasteiger partial charge in [0.2, 0.25) is 5.71 Å². The van der Waals surface area contributed by atoms with Crippen molar-refractivity contribution in [3.8, 4) is 6.07 Å². The van der Waals surface area contributed by atoms with E-state index in [2.05, 4.69) is 21.6 Å². The van der Waals surface area contributed by atoms with Crippen LogP contribution in [0.3, 0.4) is 0 Å². The molecule has 0 bridgehead atoms. The number of nitrogens with one attached hydrogen (secondary N) is 1. The van der Waals surface area contributed by atoms with Crippen LogP contribution in [-0.2, 0) is 7.05 Å². The van der Waals surface area contributed by atoms with E-state index in [9.17, 15) is 5.26 Å². The van der Waals surface area contributed by atoms with E-state index in [1.807, 2.05) is 67.1 Å². The third-order valence-corrected chi connectivity index (χ3v) is 3.42. The summed E-state index contributed by atoms with van der Waals surface area (Å²) in [4.78, 5) is 4.48. The highest BCUT2D eigenvalue weighted by molar-refractivity contribution is 6.11. The number of para-hydroxylation sites is 2. The SMILES string of the molecule is Cc1cccc(N/N=C(\C#N)c2nc3ccccc3n2C)c1. The van der Waals surface area contributed by atoms with E-state index in [1.165, 1.54) is 0 Å². The third kappa shape index (κ3) is 2.54. The number of hydrazone groups is 1. The molecule has 0 fully saturated rings. The molecule has 2 aromatic carbocycles. The van der Waals surface area contributed by atoms with Crippen LogP contribution in [-0.4, -0.2) is 15.3 Å². The van der Waals surface area contributed by atoms with Crippen molar-refractivity contribution in [3.63, 3.8) is 0 Å². The van der Waals surface area contributed by atoms with Crippen LogP contribution >= 0.6 is 0 Å². The average molecular weight is 289 g/mol. The van der Waals surface area contributed by atoms with Gasteiger partial charge in [-0.2, -0.15) is 10.4 Å². The van der Waals surface area contributed by atoms with Crippen LogP contribution in [0.15, 0.2) is 53.6 Å². The summed E-state index contributed by atoms with van der Waals surface area (Å²) in [5.74, 6) is 0.545. The number of hydrogen-bond acceptors (Lipinski definition) is 4. The van der Waals surface area contributed by atoms with Crippen LogP contribution in [0, 0.1) is 18.3 Å². The molecule has 5 heteroatoms. The van der Waals surface area contributed by atoms with Gasteiger partial charge in [0.05, 0.1) is 16.7 Å². The average Bonchev–Trinajstić information content (AvgIpc) is 2.86. The first-order valence-electron chi connectivity index (χ1n) is 6.91. The molecule has 1 aromatic heterocycles. The van der Waals surface area contributed by atoms with E-state index in [-0.39, 0.29) is 5.71 Å². The van der Waals surface area contributed by atoms with Gasteiger partial charge in [-0.05, 0) is 36.8 Å². The fourth-order valence-corrected chi connectivity index (χ4v) is 2.32. The van der Waals surface area contributed by atoms with Crippen LogP contribution in [0.25, 0.3) is 11.0 Å². The van der Waals surface area contributed by atoms with E-state index in [1.54, 1.807) is 0 Å². The van der Waals surface area contributed by atoms with Crippen molar-refractivity contribution in [2.24, 2.45) is 12.1 Å². The molecule has 5 nitrogen and oxygen atoms in total. The Kier molecular flexibility index (Phi) is 3.58. The van der Waals surface area contributed by atoms with Crippen molar-refractivity contribution in [3.05, 3.63) is 59.9 Å². The van der Waals surface area contributed by atoms with Gasteiger partial charge in [0, 0.05) is 7.05 Å². The third-order valence-electron chi connectivity index (χ3n) is 3.42. The first kappa shape index (κ1) is 13.8. The second-order valence-corrected chi connectivity index (χ2v) is 5.04. The molecule has 0 unspecified atom stereocenters. The maximum atomic E-state index is 9.39. The fourth-order valence-electron chi connectivity index (χ4n) is 2.32. The summed E-state index contributed by atoms with van der Waals surface area (Å²) < 4.78 is 1.87. The zero-order valence-electron chi connectivity index (χ0n) is 12.4. The largest absolute Gasteiger partial charge is 0.325 e. The number of anilines is 1. The molecular formula is C17H15N5. The molecule has 0 atom stereocenters. The standard InChI is InChI=1S/C17H15N5/c1-12-6-5-7-13(10-12)20-21-15(11-18)17-19-14-8-3-4-9-16(14)22(17)2/h3-10,20H,1-2H3/b21-15+. The lowest BCUT2D eigenvalue weighted by Gasteiger charge is -2.03. The van der Waals surface area contributed by atoms with Crippen molar-refractivity contribution in [1.29, 1.82) is 5.26 Å². The van der Waals surface area contributed by atoms with Crippen molar-refractivity contribution in [2.75, 3.05) is 5.43 Å². The lowest BCUT2D eigenvalue weighted by atomic mass is 10.2. The highest BCUT2D eigenvalue weighted by Gasteiger charge is 2.13. The Hall–Kier alpha value is -3.13. The maximum absolute atomic E-state index is 9.39. The second kappa shape index (κ2) is 5.70. The molecule has 0 saturated carbocycles. The number of rotatable bonds is 3. The molecule has 1 heterocycles. The minimum atomic E-state index is 0.250. The molecule has 0 spiro atoms. The van der Waals surface area contributed by atoms with Gasteiger partial charge in [-0.1, -0.05) is 24.3 Å². The molecule has 0 aliphatic rings. The summed E-state index contributed by atoms with van der Waals surface area (Å²) in [5.41, 5.74) is 6.95. The monoisotopic (exact) mass is 289 g/mol. The molecule has 0 saturated heterocycles. The van der Waals surface area contributed by atoms with Gasteiger partial charge in [-0.25, -0.2) is 4.98 Å². The molecule has 0 aliphatic carbocycles. The van der Waals surface area contributed by atoms with Crippen LogP contribution < -0.4 is 5.43 Å². The topological polar surface area (TPSA) is 66.0 Å². The smallest absolute Gasteiger partial charge is 0.203 e. The summed E-state index contributed by atoms with van der Waals surface area (Å²) in [6, 6.07) is 17.7. The van der Waals surface area contributed by atoms with E-state index in [0.717, 1.165) is 22.3 Å². The minimum absolute atomic E-state index is 0.250. The van der Waals surface area contributed by atoms with Crippen LogP contribution in [0.2, 0.25) is 0 Å². The number of fused-ring (bicyclic) bond motifs is 1. The van der Waals surface area contributed by atoms with E-state index >= 15 is 0 Å². The summed E-state index contributed by atoms with van der Waals surface area (Å²) >= 11 is 0. The minimum Gasteiger partial charge on any atom is -0.325 e. The fraction of sp³-hybridized carbons (Fsp3) is 0.118. The normalized spacial score (nSPS) is 11.4. The van der Waals surface area contributed by atoms with Crippen molar-refractivity contribution in [1.82, 2.24) is 9.55 Å². The van der Waals surface area contributed by atoms with Crippen LogP contribution in [0.1, 0.15) is 11.4 Å². The first-order chi connectivity index (χ1) is 10.7. The molecular weight excluding hydrogens is 274 g/mol. The van der Waals surface area contributed by atoms with Crippen molar-refractivity contribution in [2.45, 2.75) is 6.92 Å². The lowest BCUT2D eigenvalue weighted by molar-refractivity contribution is 0.929. The number of benzene rings is 2. The van der Waals surface area contributed by atoms with Gasteiger partial charge in [0.25, 0.3) is 0 Å². The Morgan fingerprint density at radius 2 is 2.05 bits per heavy atom. The van der Waals surface area contributed by atoms with Crippen LogP contribution in [0.5, 0.6) is 0 Å². The van der Waals surface area contributed by atoms with Gasteiger partial charge >= 0.3 is 0 Å². The molecule has 108 valence electrons. The number of nitriles is 1. The molecule has 0 amide bonds. The summed E-state index contributed by atoms with van der Waals surface area (Å²) in [5, 5.41) is 13.6. The zero-order chi connectivity index (χ0) is 15.5. The van der Waals surface area contributed by atoms with E-state index < -0.39 is 0 Å². The molecule has 3 rings (SSSR count). The van der Waals surface area contributed by atoms with Gasteiger partial charge in [-0.3, -0.25) is 5.43 Å². The van der Waals surface area contributed by atoms with E-state index in [4.69, 9.17) is 0 Å².